The molecule has 1 aliphatic heterocycles. The van der Waals surface area contributed by atoms with Crippen LogP contribution in [-0.4, -0.2) is 46.8 Å². The third kappa shape index (κ3) is 2.78. The standard InChI is InChI=1S/C10H11F5N4O4S/c1-9(2)4(11)7(18-23-9)24(20,21)10(14,15)5-6(22-8(12)13)17-19(3)16-5/h4,8H,1-3H3. The molecule has 1 aliphatic rings. The molecule has 24 heavy (non-hydrogen) atoms. The molecule has 0 amide bonds. The van der Waals surface area contributed by atoms with Gasteiger partial charge in [-0.3, -0.25) is 0 Å². The normalized spacial score (nSPS) is 20.9. The summed E-state index contributed by atoms with van der Waals surface area (Å²) in [6, 6.07) is 0. The number of aryl methyl sites for hydroxylation is 1. The first-order valence-corrected chi connectivity index (χ1v) is 7.68. The van der Waals surface area contributed by atoms with Crippen LogP contribution in [0.4, 0.5) is 22.0 Å². The van der Waals surface area contributed by atoms with Crippen LogP contribution >= 0.6 is 0 Å². The van der Waals surface area contributed by atoms with Gasteiger partial charge in [0.15, 0.2) is 11.8 Å². The molecule has 2 heterocycles. The maximum atomic E-state index is 14.4. The van der Waals surface area contributed by atoms with Crippen LogP contribution in [0.25, 0.3) is 0 Å². The summed E-state index contributed by atoms with van der Waals surface area (Å²) >= 11 is 0. The van der Waals surface area contributed by atoms with Crippen LogP contribution in [0, 0.1) is 0 Å². The van der Waals surface area contributed by atoms with Crippen LogP contribution in [0.1, 0.15) is 19.5 Å². The smallest absolute Gasteiger partial charge is 0.400 e. The summed E-state index contributed by atoms with van der Waals surface area (Å²) in [5.41, 5.74) is -3.51. The van der Waals surface area contributed by atoms with Crippen LogP contribution in [0.2, 0.25) is 0 Å². The minimum absolute atomic E-state index is 0.403. The van der Waals surface area contributed by atoms with Gasteiger partial charge >= 0.3 is 11.9 Å². The number of halogens is 5. The van der Waals surface area contributed by atoms with Gasteiger partial charge in [-0.15, -0.1) is 10.2 Å². The molecule has 0 aliphatic carbocycles. The van der Waals surface area contributed by atoms with Gasteiger partial charge < -0.3 is 9.57 Å². The molecular weight excluding hydrogens is 367 g/mol. The number of nitrogens with zero attached hydrogens (tertiary/aromatic N) is 4. The fraction of sp³-hybridized carbons (Fsp3) is 0.700. The van der Waals surface area contributed by atoms with E-state index in [4.69, 9.17) is 0 Å². The zero-order valence-corrected chi connectivity index (χ0v) is 13.2. The van der Waals surface area contributed by atoms with Gasteiger partial charge in [-0.2, -0.15) is 22.4 Å². The Kier molecular flexibility index (Phi) is 4.23. The second kappa shape index (κ2) is 5.53. The topological polar surface area (TPSA) is 95.7 Å². The molecule has 0 bridgehead atoms. The number of ether oxygens (including phenoxy) is 1. The van der Waals surface area contributed by atoms with Crippen molar-refractivity contribution in [1.82, 2.24) is 15.0 Å². The lowest BCUT2D eigenvalue weighted by molar-refractivity contribution is -0.0562. The Labute approximate surface area is 132 Å². The Morgan fingerprint density at radius 3 is 2.38 bits per heavy atom. The Hall–Kier alpha value is -1.99. The molecule has 0 saturated carbocycles. The number of hydrogen-bond acceptors (Lipinski definition) is 7. The van der Waals surface area contributed by atoms with E-state index in [9.17, 15) is 30.4 Å². The van der Waals surface area contributed by atoms with Crippen LogP contribution in [0.15, 0.2) is 5.16 Å². The zero-order valence-electron chi connectivity index (χ0n) is 12.4. The predicted octanol–water partition coefficient (Wildman–Crippen LogP) is 1.34. The molecule has 8 nitrogen and oxygen atoms in total. The van der Waals surface area contributed by atoms with Gasteiger partial charge in [-0.25, -0.2) is 12.8 Å². The number of sulfone groups is 1. The van der Waals surface area contributed by atoms with Crippen LogP contribution in [0.5, 0.6) is 5.88 Å². The molecule has 0 saturated heterocycles. The molecule has 0 aromatic carbocycles. The van der Waals surface area contributed by atoms with E-state index in [1.807, 2.05) is 0 Å². The maximum absolute atomic E-state index is 14.4. The summed E-state index contributed by atoms with van der Waals surface area (Å²) in [7, 11) is -4.81. The molecule has 136 valence electrons. The van der Waals surface area contributed by atoms with Crippen LogP contribution in [-0.2, 0) is 27.0 Å². The molecule has 1 aromatic heterocycles. The quantitative estimate of drug-likeness (QED) is 0.734. The van der Waals surface area contributed by atoms with E-state index in [0.29, 0.717) is 4.80 Å². The SMILES string of the molecule is Cn1nc(OC(F)F)c(C(F)(F)S(=O)(=O)C2=NOC(C)(C)C2F)n1. The van der Waals surface area contributed by atoms with Gasteiger partial charge in [0, 0.05) is 7.05 Å². The number of hydrogen-bond donors (Lipinski definition) is 0. The summed E-state index contributed by atoms with van der Waals surface area (Å²) in [6.07, 6.45) is -2.50. The second-order valence-corrected chi connectivity index (χ2v) is 7.17. The fourth-order valence-corrected chi connectivity index (χ4v) is 3.07. The lowest BCUT2D eigenvalue weighted by Gasteiger charge is -2.19. The van der Waals surface area contributed by atoms with E-state index in [1.54, 1.807) is 0 Å². The lowest BCUT2D eigenvalue weighted by Crippen LogP contribution is -2.42. The van der Waals surface area contributed by atoms with Crippen molar-refractivity contribution >= 4 is 14.9 Å². The highest BCUT2D eigenvalue weighted by molar-refractivity contribution is 8.07. The highest BCUT2D eigenvalue weighted by Crippen LogP contribution is 2.42. The largest absolute Gasteiger partial charge is 0.413 e. The Bertz CT molecular complexity index is 776. The van der Waals surface area contributed by atoms with Crippen molar-refractivity contribution in [3.05, 3.63) is 5.69 Å². The highest BCUT2D eigenvalue weighted by atomic mass is 32.2. The van der Waals surface area contributed by atoms with E-state index in [2.05, 4.69) is 24.9 Å². The van der Waals surface area contributed by atoms with E-state index in [-0.39, 0.29) is 0 Å². The molecule has 1 unspecified atom stereocenters. The van der Waals surface area contributed by atoms with Crippen molar-refractivity contribution < 1.29 is 39.9 Å². The average Bonchev–Trinajstić information content (AvgIpc) is 2.90. The van der Waals surface area contributed by atoms with E-state index in [0.717, 1.165) is 20.9 Å². The Morgan fingerprint density at radius 1 is 1.33 bits per heavy atom. The van der Waals surface area contributed by atoms with Gasteiger partial charge in [0.25, 0.3) is 15.7 Å². The van der Waals surface area contributed by atoms with Crippen molar-refractivity contribution in [1.29, 1.82) is 0 Å². The minimum Gasteiger partial charge on any atom is -0.413 e. The van der Waals surface area contributed by atoms with Gasteiger partial charge in [0.05, 0.1) is 0 Å². The minimum atomic E-state index is -5.78. The molecule has 2 rings (SSSR count). The van der Waals surface area contributed by atoms with Crippen molar-refractivity contribution in [3.63, 3.8) is 0 Å². The number of aromatic nitrogens is 3. The average molecular weight is 378 g/mol. The molecule has 1 atom stereocenters. The summed E-state index contributed by atoms with van der Waals surface area (Å²) in [4.78, 5) is 4.89. The monoisotopic (exact) mass is 378 g/mol. The van der Waals surface area contributed by atoms with Gasteiger partial charge in [-0.05, 0) is 13.8 Å². The van der Waals surface area contributed by atoms with Crippen molar-refractivity contribution in [2.45, 2.75) is 37.5 Å². The van der Waals surface area contributed by atoms with Crippen molar-refractivity contribution in [2.75, 3.05) is 0 Å². The molecule has 0 spiro atoms. The Morgan fingerprint density at radius 2 is 1.92 bits per heavy atom. The van der Waals surface area contributed by atoms with E-state index < -0.39 is 50.1 Å². The molecule has 1 aromatic rings. The van der Waals surface area contributed by atoms with Gasteiger partial charge in [0.1, 0.15) is 0 Å². The van der Waals surface area contributed by atoms with Crippen molar-refractivity contribution in [3.8, 4) is 5.88 Å². The van der Waals surface area contributed by atoms with Gasteiger partial charge in [0.2, 0.25) is 10.7 Å². The van der Waals surface area contributed by atoms with Crippen molar-refractivity contribution in [2.24, 2.45) is 12.2 Å². The van der Waals surface area contributed by atoms with E-state index >= 15 is 0 Å². The predicted molar refractivity (Wildman–Crippen MR) is 67.9 cm³/mol. The third-order valence-corrected chi connectivity index (χ3v) is 4.67. The lowest BCUT2D eigenvalue weighted by atomic mass is 10.1. The third-order valence-electron chi connectivity index (χ3n) is 2.97. The second-order valence-electron chi connectivity index (χ2n) is 5.23. The maximum Gasteiger partial charge on any atom is 0.400 e. The van der Waals surface area contributed by atoms with Crippen LogP contribution in [0.3, 0.4) is 0 Å². The first-order chi connectivity index (χ1) is 10.8. The first kappa shape index (κ1) is 18.4. The molecule has 0 radical (unpaired) electrons. The Balaban J connectivity index is 2.51. The molecule has 0 fully saturated rings. The summed E-state index contributed by atoms with van der Waals surface area (Å²) in [6.45, 7) is -1.37. The molecule has 14 heteroatoms. The molecular formula is C10H11F5N4O4S. The van der Waals surface area contributed by atoms with Crippen LogP contribution < -0.4 is 4.74 Å². The van der Waals surface area contributed by atoms with E-state index in [1.165, 1.54) is 0 Å². The highest BCUT2D eigenvalue weighted by Gasteiger charge is 2.60. The summed E-state index contributed by atoms with van der Waals surface area (Å²) in [5.74, 6) is -1.41. The zero-order chi connectivity index (χ0) is 18.5. The molecule has 0 N–H and O–H groups in total. The summed E-state index contributed by atoms with van der Waals surface area (Å²) in [5, 5.41) is 2.48. The number of rotatable bonds is 4. The number of alkyl halides is 5. The summed E-state index contributed by atoms with van der Waals surface area (Å²) < 4.78 is 95.3. The first-order valence-electron chi connectivity index (χ1n) is 6.20. The fourth-order valence-electron chi connectivity index (χ4n) is 1.73. The van der Waals surface area contributed by atoms with Gasteiger partial charge in [-0.1, -0.05) is 5.16 Å². The number of oxime groups is 1.